The minimum Gasteiger partial charge on any atom is -0.314 e. The lowest BCUT2D eigenvalue weighted by molar-refractivity contribution is 0.165. The number of benzene rings is 1. The van der Waals surface area contributed by atoms with Crippen LogP contribution >= 0.6 is 24.0 Å². The van der Waals surface area contributed by atoms with Gasteiger partial charge in [-0.2, -0.15) is 0 Å². The summed E-state index contributed by atoms with van der Waals surface area (Å²) in [5.74, 6) is 0. The molecule has 1 heterocycles. The van der Waals surface area contributed by atoms with E-state index in [4.69, 9.17) is 11.6 Å². The molecule has 0 amide bonds. The molecule has 4 heteroatoms. The highest BCUT2D eigenvalue weighted by atomic mass is 35.5. The summed E-state index contributed by atoms with van der Waals surface area (Å²) in [5.41, 5.74) is 2.46. The van der Waals surface area contributed by atoms with Crippen LogP contribution in [0.25, 0.3) is 0 Å². The molecule has 0 aromatic heterocycles. The first-order valence-electron chi connectivity index (χ1n) is 5.86. The first-order valence-corrected chi connectivity index (χ1v) is 6.24. The molecule has 1 fully saturated rings. The molecule has 0 radical (unpaired) electrons. The Labute approximate surface area is 115 Å². The Kier molecular flexibility index (Phi) is 5.74. The summed E-state index contributed by atoms with van der Waals surface area (Å²) in [5, 5.41) is 4.28. The van der Waals surface area contributed by atoms with E-state index in [1.807, 2.05) is 6.92 Å². The van der Waals surface area contributed by atoms with Crippen LogP contribution in [0, 0.1) is 6.92 Å². The molecule has 1 aliphatic heterocycles. The van der Waals surface area contributed by atoms with Crippen molar-refractivity contribution in [3.63, 3.8) is 0 Å². The molecule has 2 rings (SSSR count). The van der Waals surface area contributed by atoms with Crippen LogP contribution in [0.5, 0.6) is 0 Å². The van der Waals surface area contributed by atoms with Crippen molar-refractivity contribution in [1.82, 2.24) is 10.2 Å². The van der Waals surface area contributed by atoms with E-state index in [1.165, 1.54) is 5.56 Å². The zero-order chi connectivity index (χ0) is 11.5. The van der Waals surface area contributed by atoms with Crippen LogP contribution in [0.4, 0.5) is 0 Å². The molecule has 0 unspecified atom stereocenters. The summed E-state index contributed by atoms with van der Waals surface area (Å²) >= 11 is 6.14. The Bertz CT molecular complexity index is 368. The lowest BCUT2D eigenvalue weighted by atomic mass is 10.1. The van der Waals surface area contributed by atoms with Crippen LogP contribution < -0.4 is 5.32 Å². The van der Waals surface area contributed by atoms with Gasteiger partial charge < -0.3 is 5.32 Å². The van der Waals surface area contributed by atoms with E-state index in [0.717, 1.165) is 36.8 Å². The molecule has 1 aliphatic rings. The maximum atomic E-state index is 6.14. The first-order chi connectivity index (χ1) is 7.66. The summed E-state index contributed by atoms with van der Waals surface area (Å²) < 4.78 is 0. The number of nitrogens with one attached hydrogen (secondary N) is 1. The number of hydrogen-bond acceptors (Lipinski definition) is 2. The summed E-state index contributed by atoms with van der Waals surface area (Å²) in [6.07, 6.45) is 0. The van der Waals surface area contributed by atoms with Crippen LogP contribution in [0.3, 0.4) is 0 Å². The molecule has 96 valence electrons. The van der Waals surface area contributed by atoms with Gasteiger partial charge in [0, 0.05) is 37.2 Å². The van der Waals surface area contributed by atoms with Gasteiger partial charge in [0.2, 0.25) is 0 Å². The summed E-state index contributed by atoms with van der Waals surface area (Å²) in [6.45, 7) is 8.60. The van der Waals surface area contributed by atoms with Crippen molar-refractivity contribution in [2.24, 2.45) is 0 Å². The van der Waals surface area contributed by atoms with Crippen molar-refractivity contribution in [3.8, 4) is 0 Å². The fraction of sp³-hybridized carbons (Fsp3) is 0.538. The molecule has 0 bridgehead atoms. The smallest absolute Gasteiger partial charge is 0.0438 e. The number of rotatable bonds is 2. The lowest BCUT2D eigenvalue weighted by Crippen LogP contribution is -2.49. The van der Waals surface area contributed by atoms with Gasteiger partial charge >= 0.3 is 0 Å². The van der Waals surface area contributed by atoms with E-state index < -0.39 is 0 Å². The highest BCUT2D eigenvalue weighted by Crippen LogP contribution is 2.18. The molecule has 1 atom stereocenters. The van der Waals surface area contributed by atoms with E-state index in [0.29, 0.717) is 6.04 Å². The number of halogens is 2. The Morgan fingerprint density at radius 1 is 1.47 bits per heavy atom. The third-order valence-electron chi connectivity index (χ3n) is 3.26. The average molecular weight is 275 g/mol. The van der Waals surface area contributed by atoms with Gasteiger partial charge in [-0.15, -0.1) is 12.4 Å². The molecule has 1 N–H and O–H groups in total. The van der Waals surface area contributed by atoms with Crippen LogP contribution in [0.2, 0.25) is 5.02 Å². The fourth-order valence-corrected chi connectivity index (χ4v) is 2.29. The molecule has 17 heavy (non-hydrogen) atoms. The van der Waals surface area contributed by atoms with Crippen LogP contribution in [-0.2, 0) is 6.54 Å². The zero-order valence-electron chi connectivity index (χ0n) is 10.4. The third-order valence-corrected chi connectivity index (χ3v) is 3.67. The Morgan fingerprint density at radius 3 is 2.88 bits per heavy atom. The Balaban J connectivity index is 0.00000144. The Hall–Kier alpha value is -0.280. The van der Waals surface area contributed by atoms with Crippen molar-refractivity contribution in [1.29, 1.82) is 0 Å². The Morgan fingerprint density at radius 2 is 2.24 bits per heavy atom. The predicted molar refractivity (Wildman–Crippen MR) is 76.2 cm³/mol. The van der Waals surface area contributed by atoms with Gasteiger partial charge in [0.05, 0.1) is 0 Å². The fourth-order valence-electron chi connectivity index (χ4n) is 2.09. The molecule has 1 aromatic rings. The second-order valence-electron chi connectivity index (χ2n) is 4.61. The molecule has 1 aromatic carbocycles. The third kappa shape index (κ3) is 3.85. The van der Waals surface area contributed by atoms with Crippen molar-refractivity contribution in [3.05, 3.63) is 34.3 Å². The van der Waals surface area contributed by atoms with Crippen molar-refractivity contribution in [2.75, 3.05) is 19.6 Å². The topological polar surface area (TPSA) is 15.3 Å². The summed E-state index contributed by atoms with van der Waals surface area (Å²) in [7, 11) is 0. The highest BCUT2D eigenvalue weighted by molar-refractivity contribution is 6.31. The van der Waals surface area contributed by atoms with E-state index in [2.05, 4.69) is 35.3 Å². The van der Waals surface area contributed by atoms with E-state index in [1.54, 1.807) is 0 Å². The second kappa shape index (κ2) is 6.60. The molecular weight excluding hydrogens is 255 g/mol. The van der Waals surface area contributed by atoms with Gasteiger partial charge in [-0.3, -0.25) is 4.90 Å². The minimum atomic E-state index is 0. The first kappa shape index (κ1) is 14.8. The average Bonchev–Trinajstić information content (AvgIpc) is 2.27. The van der Waals surface area contributed by atoms with Gasteiger partial charge in [0.1, 0.15) is 0 Å². The SMILES string of the molecule is Cc1ccc(CN2CCNC[C@@H]2C)cc1Cl.Cl. The van der Waals surface area contributed by atoms with Crippen molar-refractivity contribution >= 4 is 24.0 Å². The zero-order valence-corrected chi connectivity index (χ0v) is 11.9. The number of hydrogen-bond donors (Lipinski definition) is 1. The van der Waals surface area contributed by atoms with Crippen LogP contribution in [0.1, 0.15) is 18.1 Å². The van der Waals surface area contributed by atoms with Gasteiger partial charge in [-0.05, 0) is 31.0 Å². The van der Waals surface area contributed by atoms with E-state index >= 15 is 0 Å². The minimum absolute atomic E-state index is 0. The van der Waals surface area contributed by atoms with Gasteiger partial charge in [0.15, 0.2) is 0 Å². The standard InChI is InChI=1S/C13H19ClN2.ClH/c1-10-3-4-12(7-13(10)14)9-16-6-5-15-8-11(16)2;/h3-4,7,11,15H,5-6,8-9H2,1-2H3;1H/t11-;/m0./s1. The normalized spacial score (nSPS) is 21.0. The van der Waals surface area contributed by atoms with Crippen molar-refractivity contribution < 1.29 is 0 Å². The molecule has 0 spiro atoms. The van der Waals surface area contributed by atoms with Gasteiger partial charge in [-0.1, -0.05) is 23.7 Å². The van der Waals surface area contributed by atoms with Crippen molar-refractivity contribution in [2.45, 2.75) is 26.4 Å². The molecule has 0 saturated carbocycles. The van der Waals surface area contributed by atoms with E-state index in [9.17, 15) is 0 Å². The predicted octanol–water partition coefficient (Wildman–Crippen LogP) is 2.86. The number of piperazine rings is 1. The molecular formula is C13H20Cl2N2. The quantitative estimate of drug-likeness (QED) is 0.892. The molecule has 0 aliphatic carbocycles. The van der Waals surface area contributed by atoms with Gasteiger partial charge in [0.25, 0.3) is 0 Å². The highest BCUT2D eigenvalue weighted by Gasteiger charge is 2.17. The monoisotopic (exact) mass is 274 g/mol. The number of nitrogens with zero attached hydrogens (tertiary/aromatic N) is 1. The van der Waals surface area contributed by atoms with E-state index in [-0.39, 0.29) is 12.4 Å². The second-order valence-corrected chi connectivity index (χ2v) is 5.01. The lowest BCUT2D eigenvalue weighted by Gasteiger charge is -2.33. The molecule has 2 nitrogen and oxygen atoms in total. The van der Waals surface area contributed by atoms with Crippen LogP contribution in [-0.4, -0.2) is 30.6 Å². The molecule has 1 saturated heterocycles. The summed E-state index contributed by atoms with van der Waals surface area (Å²) in [6, 6.07) is 6.97. The summed E-state index contributed by atoms with van der Waals surface area (Å²) in [4.78, 5) is 2.50. The number of aryl methyl sites for hydroxylation is 1. The largest absolute Gasteiger partial charge is 0.314 e. The van der Waals surface area contributed by atoms with Gasteiger partial charge in [-0.25, -0.2) is 0 Å². The maximum absolute atomic E-state index is 6.14. The maximum Gasteiger partial charge on any atom is 0.0438 e. The van der Waals surface area contributed by atoms with Crippen LogP contribution in [0.15, 0.2) is 18.2 Å².